The second kappa shape index (κ2) is 5.27. The number of nitrogens with one attached hydrogen (secondary N) is 1. The highest BCUT2D eigenvalue weighted by Crippen LogP contribution is 2.19. The Morgan fingerprint density at radius 1 is 1.62 bits per heavy atom. The minimum absolute atomic E-state index is 0.537. The molecule has 0 radical (unpaired) electrons. The molecule has 0 unspecified atom stereocenters. The Labute approximate surface area is 101 Å². The van der Waals surface area contributed by atoms with Gasteiger partial charge in [0.25, 0.3) is 0 Å². The van der Waals surface area contributed by atoms with Crippen molar-refractivity contribution in [3.63, 3.8) is 0 Å². The van der Waals surface area contributed by atoms with E-state index in [2.05, 4.69) is 34.8 Å². The van der Waals surface area contributed by atoms with Gasteiger partial charge in [-0.3, -0.25) is 0 Å². The van der Waals surface area contributed by atoms with Crippen LogP contribution in [0.1, 0.15) is 17.7 Å². The number of likely N-dealkylation sites (tertiary alicyclic amines) is 1. The first-order chi connectivity index (χ1) is 7.68. The van der Waals surface area contributed by atoms with Crippen LogP contribution in [0, 0.1) is 0 Å². The molecule has 1 aromatic rings. The largest absolute Gasteiger partial charge is 0.387 e. The van der Waals surface area contributed by atoms with Crippen LogP contribution in [0.2, 0.25) is 0 Å². The van der Waals surface area contributed by atoms with Gasteiger partial charge in [-0.1, -0.05) is 6.07 Å². The first-order valence-corrected chi connectivity index (χ1v) is 6.70. The first-order valence-electron chi connectivity index (χ1n) is 5.82. The quantitative estimate of drug-likeness (QED) is 0.832. The highest BCUT2D eigenvalue weighted by Gasteiger charge is 2.31. The SMILES string of the molecule is CN1CCC[C@](O)(CNCc2cccs2)C1. The van der Waals surface area contributed by atoms with E-state index in [1.807, 2.05) is 0 Å². The van der Waals surface area contributed by atoms with Gasteiger partial charge < -0.3 is 15.3 Å². The van der Waals surface area contributed by atoms with Gasteiger partial charge in [-0.05, 0) is 37.9 Å². The topological polar surface area (TPSA) is 35.5 Å². The highest BCUT2D eigenvalue weighted by molar-refractivity contribution is 7.09. The average molecular weight is 240 g/mol. The summed E-state index contributed by atoms with van der Waals surface area (Å²) >= 11 is 1.75. The lowest BCUT2D eigenvalue weighted by Crippen LogP contribution is -2.52. The Kier molecular flexibility index (Phi) is 3.97. The van der Waals surface area contributed by atoms with Crippen LogP contribution in [0.5, 0.6) is 0 Å². The minimum atomic E-state index is -0.537. The summed E-state index contributed by atoms with van der Waals surface area (Å²) in [5.41, 5.74) is -0.537. The summed E-state index contributed by atoms with van der Waals surface area (Å²) in [4.78, 5) is 3.53. The van der Waals surface area contributed by atoms with Crippen molar-refractivity contribution in [1.29, 1.82) is 0 Å². The molecule has 1 fully saturated rings. The van der Waals surface area contributed by atoms with Gasteiger partial charge in [0.05, 0.1) is 5.60 Å². The summed E-state index contributed by atoms with van der Waals surface area (Å²) in [6.45, 7) is 3.44. The van der Waals surface area contributed by atoms with Crippen LogP contribution in [0.25, 0.3) is 0 Å². The predicted molar refractivity (Wildman–Crippen MR) is 67.7 cm³/mol. The number of thiophene rings is 1. The molecule has 0 spiro atoms. The fourth-order valence-corrected chi connectivity index (χ4v) is 2.99. The number of hydrogen-bond acceptors (Lipinski definition) is 4. The Morgan fingerprint density at radius 3 is 3.19 bits per heavy atom. The Morgan fingerprint density at radius 2 is 2.50 bits per heavy atom. The van der Waals surface area contributed by atoms with Gasteiger partial charge in [0.1, 0.15) is 0 Å². The zero-order valence-corrected chi connectivity index (χ0v) is 10.6. The monoisotopic (exact) mass is 240 g/mol. The lowest BCUT2D eigenvalue weighted by molar-refractivity contribution is -0.0217. The van der Waals surface area contributed by atoms with Crippen LogP contribution in [0.15, 0.2) is 17.5 Å². The van der Waals surface area contributed by atoms with Crippen LogP contribution >= 0.6 is 11.3 Å². The van der Waals surface area contributed by atoms with Crippen molar-refractivity contribution in [1.82, 2.24) is 10.2 Å². The fourth-order valence-electron chi connectivity index (χ4n) is 2.31. The van der Waals surface area contributed by atoms with Gasteiger partial charge in [-0.2, -0.15) is 0 Å². The second-order valence-electron chi connectivity index (χ2n) is 4.75. The molecule has 1 atom stereocenters. The molecule has 3 nitrogen and oxygen atoms in total. The lowest BCUT2D eigenvalue weighted by Gasteiger charge is -2.37. The van der Waals surface area contributed by atoms with Crippen LogP contribution in [-0.4, -0.2) is 42.3 Å². The van der Waals surface area contributed by atoms with Crippen LogP contribution in [0.4, 0.5) is 0 Å². The highest BCUT2D eigenvalue weighted by atomic mass is 32.1. The molecule has 2 N–H and O–H groups in total. The lowest BCUT2D eigenvalue weighted by atomic mass is 9.93. The Hall–Kier alpha value is -0.420. The number of likely N-dealkylation sites (N-methyl/N-ethyl adjacent to an activating group) is 1. The van der Waals surface area contributed by atoms with Crippen LogP contribution < -0.4 is 5.32 Å². The smallest absolute Gasteiger partial charge is 0.0898 e. The van der Waals surface area contributed by atoms with Crippen molar-refractivity contribution in [3.05, 3.63) is 22.4 Å². The van der Waals surface area contributed by atoms with E-state index >= 15 is 0 Å². The van der Waals surface area contributed by atoms with Crippen molar-refractivity contribution in [2.75, 3.05) is 26.7 Å². The van der Waals surface area contributed by atoms with E-state index in [1.54, 1.807) is 11.3 Å². The third-order valence-corrected chi connectivity index (χ3v) is 3.96. The third-order valence-electron chi connectivity index (χ3n) is 3.08. The Bertz CT molecular complexity index is 315. The molecule has 0 saturated carbocycles. The van der Waals surface area contributed by atoms with E-state index in [1.165, 1.54) is 4.88 Å². The molecule has 90 valence electrons. The molecule has 2 rings (SSSR count). The molecule has 0 amide bonds. The average Bonchev–Trinajstić information content (AvgIpc) is 2.69. The van der Waals surface area contributed by atoms with Gasteiger partial charge in [-0.15, -0.1) is 11.3 Å². The zero-order chi connectivity index (χ0) is 11.4. The normalized spacial score (nSPS) is 27.1. The van der Waals surface area contributed by atoms with Crippen LogP contribution in [0.3, 0.4) is 0 Å². The molecule has 4 heteroatoms. The standard InChI is InChI=1S/C12H20N2OS/c1-14-6-3-5-12(15,10-14)9-13-8-11-4-2-7-16-11/h2,4,7,13,15H,3,5-6,8-10H2,1H3/t12-/m0/s1. The van der Waals surface area contributed by atoms with E-state index in [0.29, 0.717) is 6.54 Å². The maximum atomic E-state index is 10.4. The molecule has 0 aromatic carbocycles. The van der Waals surface area contributed by atoms with Crippen molar-refractivity contribution in [3.8, 4) is 0 Å². The molecule has 1 saturated heterocycles. The fraction of sp³-hybridized carbons (Fsp3) is 0.667. The summed E-state index contributed by atoms with van der Waals surface area (Å²) in [7, 11) is 2.07. The van der Waals surface area contributed by atoms with Crippen molar-refractivity contribution in [2.24, 2.45) is 0 Å². The van der Waals surface area contributed by atoms with E-state index in [4.69, 9.17) is 0 Å². The van der Waals surface area contributed by atoms with Crippen molar-refractivity contribution >= 4 is 11.3 Å². The summed E-state index contributed by atoms with van der Waals surface area (Å²) in [5.74, 6) is 0. The summed E-state index contributed by atoms with van der Waals surface area (Å²) < 4.78 is 0. The zero-order valence-electron chi connectivity index (χ0n) is 9.78. The first kappa shape index (κ1) is 12.0. The second-order valence-corrected chi connectivity index (χ2v) is 5.78. The molecule has 2 heterocycles. The number of β-amino-alcohol motifs (C(OH)–C–C–N with tert-alkyl or cyclic N) is 1. The molecule has 0 aliphatic carbocycles. The number of hydrogen-bond donors (Lipinski definition) is 2. The van der Waals surface area contributed by atoms with Gasteiger partial charge in [0, 0.05) is 24.5 Å². The maximum Gasteiger partial charge on any atom is 0.0898 e. The molecule has 0 bridgehead atoms. The van der Waals surface area contributed by atoms with E-state index in [0.717, 1.165) is 32.5 Å². The number of rotatable bonds is 4. The summed E-state index contributed by atoms with van der Waals surface area (Å²) in [6, 6.07) is 4.18. The van der Waals surface area contributed by atoms with E-state index in [9.17, 15) is 5.11 Å². The molecule has 16 heavy (non-hydrogen) atoms. The molecular weight excluding hydrogens is 220 g/mol. The van der Waals surface area contributed by atoms with Crippen LogP contribution in [-0.2, 0) is 6.54 Å². The molecule has 1 aliphatic heterocycles. The van der Waals surface area contributed by atoms with Gasteiger partial charge in [0.15, 0.2) is 0 Å². The molecule has 1 aliphatic rings. The van der Waals surface area contributed by atoms with Crippen molar-refractivity contribution < 1.29 is 5.11 Å². The van der Waals surface area contributed by atoms with E-state index in [-0.39, 0.29) is 0 Å². The van der Waals surface area contributed by atoms with E-state index < -0.39 is 5.60 Å². The molecular formula is C12H20N2OS. The number of aliphatic hydroxyl groups is 1. The van der Waals surface area contributed by atoms with Gasteiger partial charge >= 0.3 is 0 Å². The maximum absolute atomic E-state index is 10.4. The Balaban J connectivity index is 1.76. The third kappa shape index (κ3) is 3.28. The van der Waals surface area contributed by atoms with Gasteiger partial charge in [0.2, 0.25) is 0 Å². The predicted octanol–water partition coefficient (Wildman–Crippen LogP) is 1.29. The minimum Gasteiger partial charge on any atom is -0.387 e. The number of nitrogens with zero attached hydrogens (tertiary/aromatic N) is 1. The van der Waals surface area contributed by atoms with Gasteiger partial charge in [-0.25, -0.2) is 0 Å². The number of piperidine rings is 1. The molecule has 1 aromatic heterocycles. The summed E-state index contributed by atoms with van der Waals surface area (Å²) in [6.07, 6.45) is 2.00. The summed E-state index contributed by atoms with van der Waals surface area (Å²) in [5, 5.41) is 15.8. The van der Waals surface area contributed by atoms with Crippen molar-refractivity contribution in [2.45, 2.75) is 25.0 Å².